The fourth-order valence-electron chi connectivity index (χ4n) is 3.94. The van der Waals surface area contributed by atoms with Gasteiger partial charge in [-0.15, -0.1) is 11.3 Å². The number of carbonyl (C=O) groups is 1. The number of halogens is 1. The summed E-state index contributed by atoms with van der Waals surface area (Å²) >= 11 is 1.37. The van der Waals surface area contributed by atoms with Crippen molar-refractivity contribution in [2.45, 2.75) is 50.0 Å². The largest absolute Gasteiger partial charge is 0.444 e. The van der Waals surface area contributed by atoms with Gasteiger partial charge in [-0.2, -0.15) is 0 Å². The van der Waals surface area contributed by atoms with Gasteiger partial charge in [0.15, 0.2) is 9.84 Å². The lowest BCUT2D eigenvalue weighted by Crippen LogP contribution is -2.41. The number of nitrogens with zero attached hydrogens (tertiary/aromatic N) is 2. The zero-order valence-corrected chi connectivity index (χ0v) is 20.7. The Bertz CT molecular complexity index is 1300. The molecule has 6 nitrogen and oxygen atoms in total. The van der Waals surface area contributed by atoms with Crippen molar-refractivity contribution >= 4 is 37.5 Å². The van der Waals surface area contributed by atoms with Gasteiger partial charge in [0.1, 0.15) is 16.4 Å². The van der Waals surface area contributed by atoms with Crippen molar-refractivity contribution < 1.29 is 22.3 Å². The summed E-state index contributed by atoms with van der Waals surface area (Å²) in [4.78, 5) is 18.6. The smallest absolute Gasteiger partial charge is 0.410 e. The van der Waals surface area contributed by atoms with Crippen LogP contribution in [-0.2, 0) is 14.6 Å². The summed E-state index contributed by atoms with van der Waals surface area (Å²) in [6.45, 7) is 6.86. The van der Waals surface area contributed by atoms with Gasteiger partial charge in [0.25, 0.3) is 0 Å². The third kappa shape index (κ3) is 5.35. The first-order chi connectivity index (χ1) is 15.4. The van der Waals surface area contributed by atoms with E-state index in [0.717, 1.165) is 40.9 Å². The highest BCUT2D eigenvalue weighted by molar-refractivity contribution is 7.90. The van der Waals surface area contributed by atoms with Crippen LogP contribution in [0.3, 0.4) is 0 Å². The van der Waals surface area contributed by atoms with E-state index in [4.69, 9.17) is 4.74 Å². The minimum absolute atomic E-state index is 0.0510. The molecular formula is C24H27FN2O4S2. The molecule has 176 valence electrons. The van der Waals surface area contributed by atoms with Gasteiger partial charge in [0.05, 0.1) is 15.1 Å². The van der Waals surface area contributed by atoms with Gasteiger partial charge in [-0.25, -0.2) is 22.6 Å². The summed E-state index contributed by atoms with van der Waals surface area (Å²) in [5, 5.41) is 0.513. The van der Waals surface area contributed by atoms with Gasteiger partial charge in [-0.1, -0.05) is 6.07 Å². The molecule has 1 aliphatic heterocycles. The molecule has 4 rings (SSSR count). The first kappa shape index (κ1) is 23.6. The molecular weight excluding hydrogens is 463 g/mol. The molecule has 0 unspecified atom stereocenters. The molecule has 33 heavy (non-hydrogen) atoms. The number of piperidine rings is 1. The van der Waals surface area contributed by atoms with E-state index >= 15 is 0 Å². The Hall–Kier alpha value is -2.52. The van der Waals surface area contributed by atoms with E-state index in [-0.39, 0.29) is 16.6 Å². The molecule has 9 heteroatoms. The van der Waals surface area contributed by atoms with Crippen molar-refractivity contribution in [2.24, 2.45) is 0 Å². The Balaban J connectivity index is 1.51. The van der Waals surface area contributed by atoms with Crippen molar-refractivity contribution in [1.82, 2.24) is 9.88 Å². The van der Waals surface area contributed by atoms with E-state index in [1.54, 1.807) is 4.90 Å². The third-order valence-corrected chi connectivity index (χ3v) is 7.81. The second-order valence-electron chi connectivity index (χ2n) is 9.40. The lowest BCUT2D eigenvalue weighted by molar-refractivity contribution is 0.0205. The van der Waals surface area contributed by atoms with E-state index < -0.39 is 21.3 Å². The van der Waals surface area contributed by atoms with Crippen molar-refractivity contribution in [2.75, 3.05) is 19.3 Å². The van der Waals surface area contributed by atoms with Crippen LogP contribution in [0.5, 0.6) is 0 Å². The fourth-order valence-corrected chi connectivity index (χ4v) is 5.54. The number of benzene rings is 2. The average molecular weight is 491 g/mol. The van der Waals surface area contributed by atoms with Gasteiger partial charge in [-0.3, -0.25) is 0 Å². The number of thiazole rings is 1. The summed E-state index contributed by atoms with van der Waals surface area (Å²) in [7, 11) is -3.47. The molecule has 0 spiro atoms. The predicted octanol–water partition coefficient (Wildman–Crippen LogP) is 5.62. The molecule has 2 heterocycles. The van der Waals surface area contributed by atoms with Gasteiger partial charge in [0, 0.05) is 24.9 Å². The minimum Gasteiger partial charge on any atom is -0.444 e. The van der Waals surface area contributed by atoms with Crippen LogP contribution in [0.25, 0.3) is 20.8 Å². The van der Waals surface area contributed by atoms with Gasteiger partial charge >= 0.3 is 6.09 Å². The van der Waals surface area contributed by atoms with Gasteiger partial charge < -0.3 is 9.64 Å². The lowest BCUT2D eigenvalue weighted by Gasteiger charge is -2.33. The number of likely N-dealkylation sites (tertiary alicyclic amines) is 1. The Labute approximate surface area is 197 Å². The number of sulfone groups is 1. The quantitative estimate of drug-likeness (QED) is 0.476. The number of hydrogen-bond acceptors (Lipinski definition) is 6. The SMILES string of the molecule is CC(C)(C)OC(=O)N1CCC(c2ccc3sc(-c4ccc(S(C)(=O)=O)cc4F)nc3c2)CC1. The number of fused-ring (bicyclic) bond motifs is 1. The molecule has 3 aromatic rings. The zero-order chi connectivity index (χ0) is 24.0. The molecule has 1 aromatic heterocycles. The Kier molecular flexibility index (Phi) is 6.22. The van der Waals surface area contributed by atoms with Crippen LogP contribution in [0.15, 0.2) is 41.3 Å². The fraction of sp³-hybridized carbons (Fsp3) is 0.417. The third-order valence-electron chi connectivity index (χ3n) is 5.63. The maximum Gasteiger partial charge on any atom is 0.410 e. The molecule has 1 aliphatic rings. The Morgan fingerprint density at radius 2 is 1.85 bits per heavy atom. The molecule has 0 saturated carbocycles. The highest BCUT2D eigenvalue weighted by Crippen LogP contribution is 2.36. The first-order valence-corrected chi connectivity index (χ1v) is 13.5. The second kappa shape index (κ2) is 8.68. The standard InChI is InChI=1S/C24H27FN2O4S2/c1-24(2,3)31-23(28)27-11-9-15(10-12-27)16-5-8-21-20(13-16)26-22(32-21)18-7-6-17(14-19(18)25)33(4,29)30/h5-8,13-15H,9-12H2,1-4H3. The van der Waals surface area contributed by atoms with Crippen LogP contribution in [0, 0.1) is 5.82 Å². The lowest BCUT2D eigenvalue weighted by atomic mass is 9.89. The number of carbonyl (C=O) groups excluding carboxylic acids is 1. The number of amides is 1. The normalized spacial score (nSPS) is 15.7. The molecule has 0 bridgehead atoms. The monoisotopic (exact) mass is 490 g/mol. The zero-order valence-electron chi connectivity index (χ0n) is 19.1. The van der Waals surface area contributed by atoms with E-state index in [2.05, 4.69) is 11.1 Å². The number of aromatic nitrogens is 1. The highest BCUT2D eigenvalue weighted by Gasteiger charge is 2.27. The topological polar surface area (TPSA) is 76.6 Å². The second-order valence-corrected chi connectivity index (χ2v) is 12.4. The molecule has 0 atom stereocenters. The van der Waals surface area contributed by atoms with Crippen LogP contribution in [-0.4, -0.2) is 49.3 Å². The number of hydrogen-bond donors (Lipinski definition) is 0. The summed E-state index contributed by atoms with van der Waals surface area (Å²) < 4.78 is 44.4. The van der Waals surface area contributed by atoms with Crippen LogP contribution >= 0.6 is 11.3 Å². The van der Waals surface area contributed by atoms with Crippen LogP contribution in [0.4, 0.5) is 9.18 Å². The summed E-state index contributed by atoms with van der Waals surface area (Å²) in [6, 6.07) is 10.0. The van der Waals surface area contributed by atoms with Crippen molar-refractivity contribution in [3.63, 3.8) is 0 Å². The van der Waals surface area contributed by atoms with E-state index in [1.165, 1.54) is 23.5 Å². The van der Waals surface area contributed by atoms with Gasteiger partial charge in [-0.05, 0) is 75.4 Å². The van der Waals surface area contributed by atoms with Gasteiger partial charge in [0.2, 0.25) is 0 Å². The van der Waals surface area contributed by atoms with Crippen molar-refractivity contribution in [1.29, 1.82) is 0 Å². The Morgan fingerprint density at radius 1 is 1.15 bits per heavy atom. The molecule has 1 saturated heterocycles. The molecule has 1 fully saturated rings. The number of ether oxygens (including phenoxy) is 1. The molecule has 0 radical (unpaired) electrons. The molecule has 2 aromatic carbocycles. The summed E-state index contributed by atoms with van der Waals surface area (Å²) in [5.41, 5.74) is 1.71. The van der Waals surface area contributed by atoms with Crippen molar-refractivity contribution in [3.8, 4) is 10.6 Å². The minimum atomic E-state index is -3.47. The Morgan fingerprint density at radius 3 is 2.45 bits per heavy atom. The number of rotatable bonds is 3. The summed E-state index contributed by atoms with van der Waals surface area (Å²) in [5.74, 6) is -0.296. The van der Waals surface area contributed by atoms with Crippen LogP contribution in [0.2, 0.25) is 0 Å². The van der Waals surface area contributed by atoms with E-state index in [1.807, 2.05) is 32.9 Å². The first-order valence-electron chi connectivity index (χ1n) is 10.8. The van der Waals surface area contributed by atoms with E-state index in [0.29, 0.717) is 24.0 Å². The molecule has 0 aliphatic carbocycles. The van der Waals surface area contributed by atoms with Crippen LogP contribution < -0.4 is 0 Å². The maximum absolute atomic E-state index is 14.6. The predicted molar refractivity (Wildman–Crippen MR) is 128 cm³/mol. The molecule has 0 N–H and O–H groups in total. The molecule has 1 amide bonds. The van der Waals surface area contributed by atoms with E-state index in [9.17, 15) is 17.6 Å². The summed E-state index contributed by atoms with van der Waals surface area (Å²) in [6.07, 6.45) is 2.45. The van der Waals surface area contributed by atoms with Crippen LogP contribution in [0.1, 0.15) is 45.1 Å². The maximum atomic E-state index is 14.6. The average Bonchev–Trinajstić information content (AvgIpc) is 3.15. The highest BCUT2D eigenvalue weighted by atomic mass is 32.2. The van der Waals surface area contributed by atoms with Crippen molar-refractivity contribution in [3.05, 3.63) is 47.8 Å².